The van der Waals surface area contributed by atoms with Crippen LogP contribution in [0, 0.1) is 0 Å². The number of anilines is 1. The number of piperazine rings is 1. The highest BCUT2D eigenvalue weighted by atomic mass is 35.5. The molecule has 0 unspecified atom stereocenters. The Morgan fingerprint density at radius 3 is 2.55 bits per heavy atom. The Kier molecular flexibility index (Phi) is 7.54. The quantitative estimate of drug-likeness (QED) is 0.293. The van der Waals surface area contributed by atoms with E-state index >= 15 is 0 Å². The van der Waals surface area contributed by atoms with Crippen LogP contribution in [0.3, 0.4) is 0 Å². The van der Waals surface area contributed by atoms with Gasteiger partial charge in [0, 0.05) is 50.5 Å². The molecule has 218 valence electrons. The topological polar surface area (TPSA) is 105 Å². The van der Waals surface area contributed by atoms with Crippen molar-refractivity contribution in [2.75, 3.05) is 31.1 Å². The highest BCUT2D eigenvalue weighted by Crippen LogP contribution is 2.31. The average molecular weight is 607 g/mol. The van der Waals surface area contributed by atoms with Crippen LogP contribution in [0.2, 0.25) is 5.02 Å². The largest absolute Gasteiger partial charge is 0.481 e. The van der Waals surface area contributed by atoms with E-state index in [0.717, 1.165) is 37.6 Å². The Morgan fingerprint density at radius 2 is 1.83 bits per heavy atom. The van der Waals surface area contributed by atoms with E-state index in [-0.39, 0.29) is 17.2 Å². The molecule has 1 aliphatic heterocycles. The number of fused-ring (bicyclic) bond motifs is 2. The van der Waals surface area contributed by atoms with Gasteiger partial charge in [-0.2, -0.15) is 0 Å². The number of carbonyl (C=O) groups is 1. The number of nitrogens with one attached hydrogen (secondary N) is 1. The molecule has 1 amide bonds. The number of nitrogens with zero attached hydrogens (tertiary/aromatic N) is 5. The lowest BCUT2D eigenvalue weighted by molar-refractivity contribution is -0.138. The summed E-state index contributed by atoms with van der Waals surface area (Å²) in [6, 6.07) is 14.9. The summed E-state index contributed by atoms with van der Waals surface area (Å²) in [7, 11) is 1.49. The van der Waals surface area contributed by atoms with Crippen molar-refractivity contribution in [2.24, 2.45) is 7.05 Å². The first-order valence-corrected chi connectivity index (χ1v) is 15.1. The number of hydrogen-bond acceptors (Lipinski definition) is 7. The summed E-state index contributed by atoms with van der Waals surface area (Å²) in [5, 5.41) is 1.63. The molecule has 12 heteroatoms. The second-order valence-corrected chi connectivity index (χ2v) is 11.9. The van der Waals surface area contributed by atoms with Crippen LogP contribution in [0.15, 0.2) is 58.1 Å². The molecular formula is C30H31ClN6O4S. The van der Waals surface area contributed by atoms with E-state index in [2.05, 4.69) is 9.88 Å². The number of aryl methyl sites for hydroxylation is 1. The van der Waals surface area contributed by atoms with Gasteiger partial charge in [-0.05, 0) is 67.4 Å². The predicted molar refractivity (Wildman–Crippen MR) is 167 cm³/mol. The maximum atomic E-state index is 13.2. The van der Waals surface area contributed by atoms with Gasteiger partial charge >= 0.3 is 5.69 Å². The van der Waals surface area contributed by atoms with Gasteiger partial charge in [0.2, 0.25) is 0 Å². The van der Waals surface area contributed by atoms with Crippen LogP contribution in [0.4, 0.5) is 5.13 Å². The van der Waals surface area contributed by atoms with E-state index in [1.807, 2.05) is 48.2 Å². The van der Waals surface area contributed by atoms with Gasteiger partial charge in [-0.3, -0.25) is 18.7 Å². The maximum absolute atomic E-state index is 13.2. The van der Waals surface area contributed by atoms with Crippen LogP contribution in [-0.2, 0) is 18.4 Å². The second-order valence-electron chi connectivity index (χ2n) is 10.4. The van der Waals surface area contributed by atoms with E-state index in [1.54, 1.807) is 35.0 Å². The molecule has 3 aromatic heterocycles. The van der Waals surface area contributed by atoms with Gasteiger partial charge < -0.3 is 19.5 Å². The first-order valence-electron chi connectivity index (χ1n) is 13.9. The number of amides is 1. The molecule has 1 atom stereocenters. The Morgan fingerprint density at radius 1 is 1.10 bits per heavy atom. The standard InChI is InChI=1S/C30H31ClN6O4S/c1-4-11-37-24-17-23(32-26(24)28(39)34(3)30(37)40)19-5-8-21(9-6-19)41-18(2)27(38)35-12-14-36(15-13-35)29-33-22-10-7-20(31)16-25(22)42-29/h5-10,16-18,32H,4,11-15H2,1-3H3/t18-/m0/s1. The number of aromatic nitrogens is 4. The van der Waals surface area contributed by atoms with Crippen LogP contribution in [-0.4, -0.2) is 62.2 Å². The number of hydrogen-bond donors (Lipinski definition) is 1. The number of ether oxygens (including phenoxy) is 1. The van der Waals surface area contributed by atoms with E-state index < -0.39 is 6.10 Å². The Labute approximate surface area is 250 Å². The summed E-state index contributed by atoms with van der Waals surface area (Å²) in [4.78, 5) is 50.5. The fraction of sp³-hybridized carbons (Fsp3) is 0.333. The van der Waals surface area contributed by atoms with E-state index in [1.165, 1.54) is 7.05 Å². The molecule has 6 rings (SSSR count). The summed E-state index contributed by atoms with van der Waals surface area (Å²) >= 11 is 7.73. The third-order valence-corrected chi connectivity index (χ3v) is 8.91. The molecule has 1 aliphatic rings. The zero-order chi connectivity index (χ0) is 29.5. The minimum atomic E-state index is -0.647. The summed E-state index contributed by atoms with van der Waals surface area (Å²) in [5.41, 5.74) is 2.79. The SMILES string of the molecule is CCCn1c(=O)n(C)c(=O)c2[nH]c(-c3ccc(O[C@@H](C)C(=O)N4CCN(c5nc6ccc(Cl)cc6s5)CC4)cc3)cc21. The molecular weight excluding hydrogens is 576 g/mol. The Balaban J connectivity index is 1.10. The molecule has 1 fully saturated rings. The van der Waals surface area contributed by atoms with Gasteiger partial charge in [-0.25, -0.2) is 9.78 Å². The van der Waals surface area contributed by atoms with Crippen molar-refractivity contribution in [2.45, 2.75) is 32.9 Å². The third-order valence-electron chi connectivity index (χ3n) is 7.60. The van der Waals surface area contributed by atoms with E-state index in [0.29, 0.717) is 54.5 Å². The van der Waals surface area contributed by atoms with Crippen molar-refractivity contribution in [1.82, 2.24) is 24.0 Å². The lowest BCUT2D eigenvalue weighted by Crippen LogP contribution is -2.52. The van der Waals surface area contributed by atoms with Crippen molar-refractivity contribution >= 4 is 55.2 Å². The zero-order valence-corrected chi connectivity index (χ0v) is 25.2. The number of halogens is 1. The highest BCUT2D eigenvalue weighted by molar-refractivity contribution is 7.22. The molecule has 0 spiro atoms. The number of thiazole rings is 1. The Hall–Kier alpha value is -4.09. The molecule has 2 aromatic carbocycles. The molecule has 4 heterocycles. The van der Waals surface area contributed by atoms with Gasteiger partial charge in [0.1, 0.15) is 11.3 Å². The molecule has 0 bridgehead atoms. The maximum Gasteiger partial charge on any atom is 0.331 e. The van der Waals surface area contributed by atoms with Crippen LogP contribution in [0.25, 0.3) is 32.5 Å². The fourth-order valence-corrected chi connectivity index (χ4v) is 6.61. The van der Waals surface area contributed by atoms with Crippen LogP contribution in [0.1, 0.15) is 20.3 Å². The highest BCUT2D eigenvalue weighted by Gasteiger charge is 2.27. The zero-order valence-electron chi connectivity index (χ0n) is 23.6. The fourth-order valence-electron chi connectivity index (χ4n) is 5.32. The molecule has 1 saturated heterocycles. The molecule has 5 aromatic rings. The molecule has 1 N–H and O–H groups in total. The molecule has 42 heavy (non-hydrogen) atoms. The van der Waals surface area contributed by atoms with Crippen molar-refractivity contribution in [3.05, 3.63) is 74.4 Å². The smallest absolute Gasteiger partial charge is 0.331 e. The van der Waals surface area contributed by atoms with Gasteiger partial charge in [-0.1, -0.05) is 29.9 Å². The molecule has 0 radical (unpaired) electrons. The average Bonchev–Trinajstić information content (AvgIpc) is 3.63. The van der Waals surface area contributed by atoms with E-state index in [9.17, 15) is 14.4 Å². The van der Waals surface area contributed by atoms with Gasteiger partial charge in [-0.15, -0.1) is 0 Å². The lowest BCUT2D eigenvalue weighted by Gasteiger charge is -2.35. The predicted octanol–water partition coefficient (Wildman–Crippen LogP) is 4.48. The summed E-state index contributed by atoms with van der Waals surface area (Å²) in [5.74, 6) is 0.511. The molecule has 0 aliphatic carbocycles. The van der Waals surface area contributed by atoms with Crippen molar-refractivity contribution in [3.8, 4) is 17.0 Å². The Bertz CT molecular complexity index is 1900. The summed E-state index contributed by atoms with van der Waals surface area (Å²) in [6.07, 6.45) is 0.122. The first kappa shape index (κ1) is 28.0. The minimum Gasteiger partial charge on any atom is -0.481 e. The van der Waals surface area contributed by atoms with Crippen molar-refractivity contribution in [1.29, 1.82) is 0 Å². The number of carbonyl (C=O) groups excluding carboxylic acids is 1. The van der Waals surface area contributed by atoms with Crippen LogP contribution < -0.4 is 20.9 Å². The third kappa shape index (κ3) is 5.18. The number of benzene rings is 2. The van der Waals surface area contributed by atoms with Crippen molar-refractivity contribution in [3.63, 3.8) is 0 Å². The first-order chi connectivity index (χ1) is 20.2. The van der Waals surface area contributed by atoms with Crippen molar-refractivity contribution < 1.29 is 9.53 Å². The number of aromatic amines is 1. The van der Waals surface area contributed by atoms with Gasteiger partial charge in [0.25, 0.3) is 11.5 Å². The summed E-state index contributed by atoms with van der Waals surface area (Å²) < 4.78 is 9.81. The van der Waals surface area contributed by atoms with Crippen LogP contribution in [0.5, 0.6) is 5.75 Å². The molecule has 10 nitrogen and oxygen atoms in total. The monoisotopic (exact) mass is 606 g/mol. The van der Waals surface area contributed by atoms with Gasteiger partial charge in [0.05, 0.1) is 15.7 Å². The number of H-pyrrole nitrogens is 1. The normalized spacial score (nSPS) is 14.6. The summed E-state index contributed by atoms with van der Waals surface area (Å²) in [6.45, 7) is 6.84. The van der Waals surface area contributed by atoms with Crippen LogP contribution >= 0.6 is 22.9 Å². The minimum absolute atomic E-state index is 0.0600. The van der Waals surface area contributed by atoms with Gasteiger partial charge in [0.15, 0.2) is 11.2 Å². The number of rotatable bonds is 7. The molecule has 0 saturated carbocycles. The lowest BCUT2D eigenvalue weighted by atomic mass is 10.1. The van der Waals surface area contributed by atoms with E-state index in [4.69, 9.17) is 21.3 Å². The second kappa shape index (κ2) is 11.3.